The molecule has 2 heterocycles. The number of hydrogen-bond acceptors (Lipinski definition) is 6. The highest BCUT2D eigenvalue weighted by atomic mass is 79.9. The van der Waals surface area contributed by atoms with Gasteiger partial charge in [0, 0.05) is 16.8 Å². The highest BCUT2D eigenvalue weighted by Crippen LogP contribution is 2.34. The Hall–Kier alpha value is -2.20. The van der Waals surface area contributed by atoms with Gasteiger partial charge in [0.15, 0.2) is 6.61 Å². The van der Waals surface area contributed by atoms with Crippen molar-refractivity contribution >= 4 is 67.8 Å². The first-order chi connectivity index (χ1) is 15.5. The molecular weight excluding hydrogens is 512 g/mol. The van der Waals surface area contributed by atoms with Gasteiger partial charge in [-0.25, -0.2) is 0 Å². The standard InChI is InChI=1S/C23H21BrN2O4S2/c24-16-6-8-17(9-7-16)25-21(27)14-30-18-4-1-3-15(11-18)12-20-22(28)26(23(31)32-20)13-19-5-2-10-29-19/h1,3-4,6-9,11-12,19H,2,5,10,13-14H2,(H,25,27)/b20-12-/t19-/m0/s1. The maximum Gasteiger partial charge on any atom is 0.266 e. The fourth-order valence-electron chi connectivity index (χ4n) is 3.37. The summed E-state index contributed by atoms with van der Waals surface area (Å²) in [6.07, 6.45) is 3.81. The number of ether oxygens (including phenoxy) is 2. The fraction of sp³-hybridized carbons (Fsp3) is 0.261. The van der Waals surface area contributed by atoms with Gasteiger partial charge < -0.3 is 14.8 Å². The van der Waals surface area contributed by atoms with E-state index in [9.17, 15) is 9.59 Å². The smallest absolute Gasteiger partial charge is 0.266 e. The summed E-state index contributed by atoms with van der Waals surface area (Å²) in [4.78, 5) is 27.2. The van der Waals surface area contributed by atoms with E-state index in [-0.39, 0.29) is 24.5 Å². The molecule has 32 heavy (non-hydrogen) atoms. The molecule has 2 aliphatic rings. The van der Waals surface area contributed by atoms with Crippen LogP contribution in [0.3, 0.4) is 0 Å². The number of amides is 2. The van der Waals surface area contributed by atoms with E-state index in [1.165, 1.54) is 11.8 Å². The zero-order valence-corrected chi connectivity index (χ0v) is 20.3. The molecule has 166 valence electrons. The molecule has 0 radical (unpaired) electrons. The lowest BCUT2D eigenvalue weighted by Crippen LogP contribution is -2.35. The molecule has 2 aromatic carbocycles. The third kappa shape index (κ3) is 5.98. The Balaban J connectivity index is 1.35. The summed E-state index contributed by atoms with van der Waals surface area (Å²) >= 11 is 10.1. The Morgan fingerprint density at radius 2 is 2.12 bits per heavy atom. The quantitative estimate of drug-likeness (QED) is 0.406. The van der Waals surface area contributed by atoms with Crippen LogP contribution in [-0.2, 0) is 14.3 Å². The zero-order valence-electron chi connectivity index (χ0n) is 17.1. The number of thiocarbonyl (C=S) groups is 1. The van der Waals surface area contributed by atoms with E-state index in [2.05, 4.69) is 21.2 Å². The van der Waals surface area contributed by atoms with Gasteiger partial charge in [0.25, 0.3) is 11.8 Å². The number of thioether (sulfide) groups is 1. The lowest BCUT2D eigenvalue weighted by molar-refractivity contribution is -0.123. The third-order valence-electron chi connectivity index (χ3n) is 4.94. The second-order valence-electron chi connectivity index (χ2n) is 7.34. The normalized spacial score (nSPS) is 19.6. The molecule has 2 aromatic rings. The van der Waals surface area contributed by atoms with Crippen LogP contribution in [0, 0.1) is 0 Å². The Kier molecular flexibility index (Phi) is 7.62. The Labute approximate surface area is 204 Å². The van der Waals surface area contributed by atoms with Gasteiger partial charge in [-0.3, -0.25) is 14.5 Å². The Morgan fingerprint density at radius 1 is 1.31 bits per heavy atom. The topological polar surface area (TPSA) is 67.9 Å². The number of halogens is 1. The van der Waals surface area contributed by atoms with Crippen LogP contribution in [0.4, 0.5) is 5.69 Å². The van der Waals surface area contributed by atoms with E-state index >= 15 is 0 Å². The molecule has 6 nitrogen and oxygen atoms in total. The molecule has 1 atom stereocenters. The van der Waals surface area contributed by atoms with Gasteiger partial charge in [-0.05, 0) is 60.9 Å². The van der Waals surface area contributed by atoms with E-state index in [0.29, 0.717) is 27.2 Å². The van der Waals surface area contributed by atoms with Gasteiger partial charge in [-0.15, -0.1) is 0 Å². The average molecular weight is 533 g/mol. The van der Waals surface area contributed by atoms with Crippen molar-refractivity contribution in [3.8, 4) is 5.75 Å². The van der Waals surface area contributed by atoms with Crippen molar-refractivity contribution in [2.45, 2.75) is 18.9 Å². The number of carbonyl (C=O) groups excluding carboxylic acids is 2. The molecule has 2 aliphatic heterocycles. The van der Waals surface area contributed by atoms with Gasteiger partial charge in [0.05, 0.1) is 17.6 Å². The van der Waals surface area contributed by atoms with Gasteiger partial charge in [0.2, 0.25) is 0 Å². The van der Waals surface area contributed by atoms with Crippen LogP contribution in [0.1, 0.15) is 18.4 Å². The summed E-state index contributed by atoms with van der Waals surface area (Å²) in [5.41, 5.74) is 1.49. The number of nitrogens with zero attached hydrogens (tertiary/aromatic N) is 1. The molecule has 2 amide bonds. The van der Waals surface area contributed by atoms with Gasteiger partial charge in [-0.2, -0.15) is 0 Å². The van der Waals surface area contributed by atoms with Crippen molar-refractivity contribution in [1.29, 1.82) is 0 Å². The number of rotatable bonds is 7. The van der Waals surface area contributed by atoms with E-state index in [1.54, 1.807) is 35.2 Å². The van der Waals surface area contributed by atoms with Gasteiger partial charge >= 0.3 is 0 Å². The molecule has 0 bridgehead atoms. The maximum atomic E-state index is 12.8. The zero-order chi connectivity index (χ0) is 22.5. The minimum Gasteiger partial charge on any atom is -0.484 e. The lowest BCUT2D eigenvalue weighted by Gasteiger charge is -2.18. The SMILES string of the molecule is O=C(COc1cccc(/C=C2\SC(=S)N(C[C@@H]3CCCO3)C2=O)c1)Nc1ccc(Br)cc1. The minimum atomic E-state index is -0.257. The second-order valence-corrected chi connectivity index (χ2v) is 9.94. The summed E-state index contributed by atoms with van der Waals surface area (Å²) in [7, 11) is 0. The molecule has 4 rings (SSSR count). The molecule has 2 fully saturated rings. The van der Waals surface area contributed by atoms with E-state index in [1.807, 2.05) is 24.3 Å². The highest BCUT2D eigenvalue weighted by molar-refractivity contribution is 9.10. The van der Waals surface area contributed by atoms with Gasteiger partial charge in [-0.1, -0.05) is 52.0 Å². The third-order valence-corrected chi connectivity index (χ3v) is 6.84. The summed E-state index contributed by atoms with van der Waals surface area (Å²) in [6, 6.07) is 14.6. The summed E-state index contributed by atoms with van der Waals surface area (Å²) < 4.78 is 12.8. The summed E-state index contributed by atoms with van der Waals surface area (Å²) in [5, 5.41) is 2.78. The van der Waals surface area contributed by atoms with E-state index < -0.39 is 0 Å². The lowest BCUT2D eigenvalue weighted by atomic mass is 10.2. The number of nitrogens with one attached hydrogen (secondary N) is 1. The summed E-state index contributed by atoms with van der Waals surface area (Å²) in [6.45, 7) is 1.12. The molecule has 0 aliphatic carbocycles. The fourth-order valence-corrected chi connectivity index (χ4v) is 4.91. The van der Waals surface area contributed by atoms with Crippen LogP contribution in [0.2, 0.25) is 0 Å². The first-order valence-corrected chi connectivity index (χ1v) is 12.1. The summed E-state index contributed by atoms with van der Waals surface area (Å²) in [5.74, 6) is 0.183. The van der Waals surface area contributed by atoms with Crippen molar-refractivity contribution in [2.75, 3.05) is 25.1 Å². The first-order valence-electron chi connectivity index (χ1n) is 10.1. The van der Waals surface area contributed by atoms with Crippen LogP contribution in [-0.4, -0.2) is 46.9 Å². The molecule has 0 saturated carbocycles. The van der Waals surface area contributed by atoms with Gasteiger partial charge in [0.1, 0.15) is 10.1 Å². The molecular formula is C23H21BrN2O4S2. The van der Waals surface area contributed by atoms with Crippen LogP contribution in [0.15, 0.2) is 57.9 Å². The molecule has 0 unspecified atom stereocenters. The largest absolute Gasteiger partial charge is 0.484 e. The predicted molar refractivity (Wildman–Crippen MR) is 134 cm³/mol. The average Bonchev–Trinajstić information content (AvgIpc) is 3.38. The molecule has 2 saturated heterocycles. The monoisotopic (exact) mass is 532 g/mol. The minimum absolute atomic E-state index is 0.0529. The van der Waals surface area contributed by atoms with Crippen LogP contribution < -0.4 is 10.1 Å². The Morgan fingerprint density at radius 3 is 2.88 bits per heavy atom. The van der Waals surface area contributed by atoms with Crippen LogP contribution in [0.25, 0.3) is 6.08 Å². The maximum absolute atomic E-state index is 12.8. The predicted octanol–water partition coefficient (Wildman–Crippen LogP) is 4.85. The van der Waals surface area contributed by atoms with Crippen molar-refractivity contribution < 1.29 is 19.1 Å². The highest BCUT2D eigenvalue weighted by Gasteiger charge is 2.34. The molecule has 0 aromatic heterocycles. The molecule has 0 spiro atoms. The number of benzene rings is 2. The molecule has 1 N–H and O–H groups in total. The van der Waals surface area contributed by atoms with Crippen molar-refractivity contribution in [2.24, 2.45) is 0 Å². The van der Waals surface area contributed by atoms with E-state index in [0.717, 1.165) is 29.5 Å². The number of hydrogen-bond donors (Lipinski definition) is 1. The molecule has 9 heteroatoms. The van der Waals surface area contributed by atoms with Crippen molar-refractivity contribution in [3.05, 3.63) is 63.5 Å². The second kappa shape index (κ2) is 10.6. The van der Waals surface area contributed by atoms with Crippen molar-refractivity contribution in [1.82, 2.24) is 4.90 Å². The Bertz CT molecular complexity index is 1050. The number of carbonyl (C=O) groups is 2. The van der Waals surface area contributed by atoms with E-state index in [4.69, 9.17) is 21.7 Å². The van der Waals surface area contributed by atoms with Crippen LogP contribution >= 0.6 is 39.9 Å². The van der Waals surface area contributed by atoms with Crippen molar-refractivity contribution in [3.63, 3.8) is 0 Å². The van der Waals surface area contributed by atoms with Crippen LogP contribution in [0.5, 0.6) is 5.75 Å². The number of anilines is 1. The first kappa shape index (κ1) is 23.0.